The smallest absolute Gasteiger partial charge is 0.303 e. The van der Waals surface area contributed by atoms with E-state index in [0.717, 1.165) is 51.4 Å². The number of carbonyl (C=O) groups is 4. The first-order valence-corrected chi connectivity index (χ1v) is 24.6. The Morgan fingerprint density at radius 3 is 0.298 bits per heavy atom. The molecule has 57 heavy (non-hydrogen) atoms. The minimum atomic E-state index is -0.665. The molecule has 0 aromatic carbocycles. The van der Waals surface area contributed by atoms with Crippen LogP contribution < -0.4 is 0 Å². The van der Waals surface area contributed by atoms with Crippen LogP contribution in [0.3, 0.4) is 0 Å². The molecule has 0 amide bonds. The second-order valence-corrected chi connectivity index (χ2v) is 17.1. The molecule has 0 unspecified atom stereocenters. The van der Waals surface area contributed by atoms with E-state index in [0.29, 0.717) is 25.7 Å². The van der Waals surface area contributed by atoms with Gasteiger partial charge in [0.25, 0.3) is 0 Å². The molecular formula is C49H94O8. The number of aliphatic carboxylic acids is 4. The van der Waals surface area contributed by atoms with E-state index in [9.17, 15) is 19.2 Å². The summed E-state index contributed by atoms with van der Waals surface area (Å²) < 4.78 is 0. The Bertz CT molecular complexity index is 792. The van der Waals surface area contributed by atoms with Crippen LogP contribution in [0.2, 0.25) is 0 Å². The molecule has 0 spiro atoms. The molecule has 8 nitrogen and oxygen atoms in total. The molecule has 0 fully saturated rings. The minimum absolute atomic E-state index is 0.330. The van der Waals surface area contributed by atoms with E-state index in [2.05, 4.69) is 0 Å². The van der Waals surface area contributed by atoms with Crippen molar-refractivity contribution in [3.63, 3.8) is 0 Å². The average molecular weight is 811 g/mol. The molecule has 0 aromatic heterocycles. The van der Waals surface area contributed by atoms with Crippen molar-refractivity contribution in [2.24, 2.45) is 0 Å². The zero-order chi connectivity index (χ0) is 42.1. The zero-order valence-corrected chi connectivity index (χ0v) is 37.2. The van der Waals surface area contributed by atoms with Crippen molar-refractivity contribution in [3.8, 4) is 0 Å². The van der Waals surface area contributed by atoms with Gasteiger partial charge in [-0.15, -0.1) is 0 Å². The van der Waals surface area contributed by atoms with E-state index >= 15 is 0 Å². The second kappa shape index (κ2) is 50.0. The zero-order valence-electron chi connectivity index (χ0n) is 37.2. The average Bonchev–Trinajstić information content (AvgIpc) is 3.17. The maximum atomic E-state index is 10.4. The van der Waals surface area contributed by atoms with Crippen LogP contribution in [-0.2, 0) is 19.2 Å². The van der Waals surface area contributed by atoms with Crippen molar-refractivity contribution in [1.82, 2.24) is 0 Å². The first kappa shape index (κ1) is 57.0. The summed E-state index contributed by atoms with van der Waals surface area (Å²) in [6.07, 6.45) is 52.9. The third-order valence-corrected chi connectivity index (χ3v) is 11.3. The number of carboxylic acid groups (broad SMARTS) is 4. The fourth-order valence-corrected chi connectivity index (χ4v) is 7.65. The first-order chi connectivity index (χ1) is 27.8. The summed E-state index contributed by atoms with van der Waals surface area (Å²) >= 11 is 0. The molecule has 0 aromatic rings. The third kappa shape index (κ3) is 60.7. The SMILES string of the molecule is O=C(O)CCCCCCCCCCCCCCCCCCCCCCC(=O)O.O=C(O)CCCCCCCCCCCCCCCCCCCCCCCC(=O)O. The van der Waals surface area contributed by atoms with Gasteiger partial charge in [-0.05, 0) is 25.7 Å². The summed E-state index contributed by atoms with van der Waals surface area (Å²) in [5.41, 5.74) is 0. The molecule has 0 aliphatic carbocycles. The van der Waals surface area contributed by atoms with Gasteiger partial charge >= 0.3 is 23.9 Å². The third-order valence-electron chi connectivity index (χ3n) is 11.3. The van der Waals surface area contributed by atoms with E-state index in [4.69, 9.17) is 20.4 Å². The molecule has 0 atom stereocenters. The van der Waals surface area contributed by atoms with E-state index in [-0.39, 0.29) is 0 Å². The van der Waals surface area contributed by atoms with Crippen LogP contribution in [0.5, 0.6) is 0 Å². The van der Waals surface area contributed by atoms with E-state index in [1.54, 1.807) is 0 Å². The topological polar surface area (TPSA) is 149 Å². The van der Waals surface area contributed by atoms with Crippen LogP contribution in [0.4, 0.5) is 0 Å². The molecule has 0 saturated carbocycles. The lowest BCUT2D eigenvalue weighted by Gasteiger charge is -2.04. The van der Waals surface area contributed by atoms with Crippen molar-refractivity contribution >= 4 is 23.9 Å². The Hall–Kier alpha value is -2.12. The monoisotopic (exact) mass is 811 g/mol. The van der Waals surface area contributed by atoms with E-state index in [1.807, 2.05) is 0 Å². The van der Waals surface area contributed by atoms with Gasteiger partial charge in [-0.2, -0.15) is 0 Å². The quantitative estimate of drug-likeness (QED) is 0.0444. The molecule has 0 heterocycles. The number of hydrogen-bond acceptors (Lipinski definition) is 4. The molecule has 8 heteroatoms. The molecule has 0 bridgehead atoms. The lowest BCUT2D eigenvalue weighted by atomic mass is 10.0. The van der Waals surface area contributed by atoms with Crippen molar-refractivity contribution in [2.45, 2.75) is 289 Å². The Balaban J connectivity index is 0. The van der Waals surface area contributed by atoms with Gasteiger partial charge < -0.3 is 20.4 Å². The van der Waals surface area contributed by atoms with Crippen molar-refractivity contribution in [3.05, 3.63) is 0 Å². The van der Waals surface area contributed by atoms with Crippen LogP contribution in [0.25, 0.3) is 0 Å². The van der Waals surface area contributed by atoms with Gasteiger partial charge in [0, 0.05) is 25.7 Å². The summed E-state index contributed by atoms with van der Waals surface area (Å²) in [5, 5.41) is 34.3. The lowest BCUT2D eigenvalue weighted by Crippen LogP contribution is -1.93. The minimum Gasteiger partial charge on any atom is -0.481 e. The normalized spacial score (nSPS) is 11.0. The Morgan fingerprint density at radius 2 is 0.228 bits per heavy atom. The molecule has 0 saturated heterocycles. The highest BCUT2D eigenvalue weighted by Gasteiger charge is 2.01. The van der Waals surface area contributed by atoms with E-state index < -0.39 is 23.9 Å². The standard InChI is InChI=1S/C25H48O4.C24H46O4/c26-24(27)22-20-18-16-14-12-10-8-6-4-2-1-3-5-7-9-11-13-15-17-19-21-23-25(28)29;25-23(26)21-19-17-15-13-11-9-7-5-3-1-2-4-6-8-10-12-14-16-18-20-22-24(27)28/h1-23H2,(H,26,27)(H,28,29);1-22H2,(H,25,26)(H,27,28). The van der Waals surface area contributed by atoms with Crippen molar-refractivity contribution in [1.29, 1.82) is 0 Å². The first-order valence-electron chi connectivity index (χ1n) is 24.6. The highest BCUT2D eigenvalue weighted by molar-refractivity contribution is 5.67. The number of rotatable bonds is 47. The number of hydrogen-bond donors (Lipinski definition) is 4. The molecule has 0 radical (unpaired) electrons. The summed E-state index contributed by atoms with van der Waals surface area (Å²) in [5.74, 6) is -2.66. The summed E-state index contributed by atoms with van der Waals surface area (Å²) in [7, 11) is 0. The lowest BCUT2D eigenvalue weighted by molar-refractivity contribution is -0.138. The van der Waals surface area contributed by atoms with Crippen LogP contribution in [0.15, 0.2) is 0 Å². The van der Waals surface area contributed by atoms with Crippen molar-refractivity contribution < 1.29 is 39.6 Å². The summed E-state index contributed by atoms with van der Waals surface area (Å²) in [4.78, 5) is 41.6. The molecule has 0 aliphatic heterocycles. The van der Waals surface area contributed by atoms with Gasteiger partial charge in [0.1, 0.15) is 0 Å². The molecule has 0 rings (SSSR count). The maximum Gasteiger partial charge on any atom is 0.303 e. The van der Waals surface area contributed by atoms with Crippen LogP contribution in [0.1, 0.15) is 289 Å². The highest BCUT2D eigenvalue weighted by atomic mass is 16.4. The van der Waals surface area contributed by atoms with Crippen LogP contribution in [-0.4, -0.2) is 44.3 Å². The van der Waals surface area contributed by atoms with Crippen LogP contribution >= 0.6 is 0 Å². The highest BCUT2D eigenvalue weighted by Crippen LogP contribution is 2.17. The molecule has 4 N–H and O–H groups in total. The predicted octanol–water partition coefficient (Wildman–Crippen LogP) is 15.9. The van der Waals surface area contributed by atoms with Gasteiger partial charge in [0.05, 0.1) is 0 Å². The Morgan fingerprint density at radius 1 is 0.158 bits per heavy atom. The van der Waals surface area contributed by atoms with Gasteiger partial charge in [-0.3, -0.25) is 19.2 Å². The Kier molecular flexibility index (Phi) is 50.0. The second-order valence-electron chi connectivity index (χ2n) is 17.1. The molecule has 0 aliphatic rings. The largest absolute Gasteiger partial charge is 0.481 e. The number of unbranched alkanes of at least 4 members (excludes halogenated alkanes) is 39. The van der Waals surface area contributed by atoms with Gasteiger partial charge in [-0.25, -0.2) is 0 Å². The fraction of sp³-hybridized carbons (Fsp3) is 0.918. The Labute approximate surface area is 351 Å². The molecule has 338 valence electrons. The van der Waals surface area contributed by atoms with Crippen LogP contribution in [0, 0.1) is 0 Å². The van der Waals surface area contributed by atoms with Gasteiger partial charge in [0.15, 0.2) is 0 Å². The fourth-order valence-electron chi connectivity index (χ4n) is 7.65. The summed E-state index contributed by atoms with van der Waals surface area (Å²) in [6, 6.07) is 0. The number of carboxylic acids is 4. The van der Waals surface area contributed by atoms with Crippen molar-refractivity contribution in [2.75, 3.05) is 0 Å². The maximum absolute atomic E-state index is 10.4. The summed E-state index contributed by atoms with van der Waals surface area (Å²) in [6.45, 7) is 0. The van der Waals surface area contributed by atoms with Gasteiger partial charge in [-0.1, -0.05) is 238 Å². The predicted molar refractivity (Wildman–Crippen MR) is 238 cm³/mol. The molecular weight excluding hydrogens is 717 g/mol. The van der Waals surface area contributed by atoms with Gasteiger partial charge in [0.2, 0.25) is 0 Å². The van der Waals surface area contributed by atoms with E-state index in [1.165, 1.54) is 212 Å².